The van der Waals surface area contributed by atoms with Gasteiger partial charge in [0.15, 0.2) is 0 Å². The number of carbonyl (C=O) groups excluding carboxylic acids is 2. The first-order valence-electron chi connectivity index (χ1n) is 9.44. The van der Waals surface area contributed by atoms with Crippen LogP contribution in [0.5, 0.6) is 0 Å². The van der Waals surface area contributed by atoms with Crippen LogP contribution in [0.4, 0.5) is 5.69 Å². The van der Waals surface area contributed by atoms with Gasteiger partial charge in [-0.25, -0.2) is 9.69 Å². The maximum absolute atomic E-state index is 12.9. The Hall–Kier alpha value is -2.90. The smallest absolute Gasteiger partial charge is 0.363 e. The maximum Gasteiger partial charge on any atom is 0.363 e. The SMILES string of the molecule is Cc1ccc2c(c1)NC1CN3C(CC21)C(=O)N(OC(=O)c1ccccc1)C3O. The van der Waals surface area contributed by atoms with Crippen LogP contribution in [0.2, 0.25) is 0 Å². The zero-order valence-corrected chi connectivity index (χ0v) is 15.4. The van der Waals surface area contributed by atoms with E-state index in [0.717, 1.165) is 10.8 Å². The number of nitrogens with zero attached hydrogens (tertiary/aromatic N) is 2. The summed E-state index contributed by atoms with van der Waals surface area (Å²) >= 11 is 0. The number of hydrogen-bond acceptors (Lipinski definition) is 6. The van der Waals surface area contributed by atoms with E-state index in [1.165, 1.54) is 11.1 Å². The molecule has 0 bridgehead atoms. The Morgan fingerprint density at radius 3 is 2.79 bits per heavy atom. The fourth-order valence-corrected chi connectivity index (χ4v) is 4.53. The number of hydroxylamine groups is 2. The molecule has 3 aliphatic heterocycles. The molecule has 7 heteroatoms. The summed E-state index contributed by atoms with van der Waals surface area (Å²) in [4.78, 5) is 32.2. The van der Waals surface area contributed by atoms with Crippen molar-refractivity contribution in [2.75, 3.05) is 11.9 Å². The van der Waals surface area contributed by atoms with E-state index in [2.05, 4.69) is 30.4 Å². The van der Waals surface area contributed by atoms with Crippen molar-refractivity contribution in [2.24, 2.45) is 0 Å². The Kier molecular flexibility index (Phi) is 3.89. The van der Waals surface area contributed by atoms with E-state index < -0.39 is 18.4 Å². The van der Waals surface area contributed by atoms with Crippen molar-refractivity contribution >= 4 is 17.6 Å². The van der Waals surface area contributed by atoms with Crippen LogP contribution in [0.15, 0.2) is 48.5 Å². The molecule has 7 nitrogen and oxygen atoms in total. The van der Waals surface area contributed by atoms with Gasteiger partial charge in [-0.3, -0.25) is 4.79 Å². The number of benzene rings is 2. The number of carbonyl (C=O) groups is 2. The third-order valence-corrected chi connectivity index (χ3v) is 5.92. The van der Waals surface area contributed by atoms with E-state index in [9.17, 15) is 14.7 Å². The largest absolute Gasteiger partial charge is 0.380 e. The van der Waals surface area contributed by atoms with Gasteiger partial charge in [0.2, 0.25) is 6.35 Å². The zero-order valence-electron chi connectivity index (χ0n) is 15.4. The average Bonchev–Trinajstić information content (AvgIpc) is 3.16. The minimum atomic E-state index is -1.28. The summed E-state index contributed by atoms with van der Waals surface area (Å²) in [5.41, 5.74) is 3.82. The molecule has 2 saturated heterocycles. The molecule has 2 aromatic carbocycles. The van der Waals surface area contributed by atoms with Gasteiger partial charge in [0.05, 0.1) is 11.6 Å². The van der Waals surface area contributed by atoms with E-state index in [4.69, 9.17) is 4.84 Å². The number of aliphatic hydroxyl groups is 1. The van der Waals surface area contributed by atoms with E-state index in [0.29, 0.717) is 18.5 Å². The molecule has 0 saturated carbocycles. The van der Waals surface area contributed by atoms with Crippen LogP contribution in [0.1, 0.15) is 33.8 Å². The first-order valence-corrected chi connectivity index (χ1v) is 9.44. The van der Waals surface area contributed by atoms with Crippen LogP contribution in [0.25, 0.3) is 0 Å². The Morgan fingerprint density at radius 2 is 2.00 bits per heavy atom. The van der Waals surface area contributed by atoms with Crippen LogP contribution >= 0.6 is 0 Å². The molecule has 2 fully saturated rings. The second-order valence-electron chi connectivity index (χ2n) is 7.65. The van der Waals surface area contributed by atoms with Gasteiger partial charge in [0.25, 0.3) is 5.91 Å². The lowest BCUT2D eigenvalue weighted by Gasteiger charge is -2.36. The van der Waals surface area contributed by atoms with E-state index >= 15 is 0 Å². The van der Waals surface area contributed by atoms with Crippen molar-refractivity contribution in [2.45, 2.75) is 37.7 Å². The van der Waals surface area contributed by atoms with Crippen molar-refractivity contribution in [3.05, 3.63) is 65.2 Å². The number of aliphatic hydroxyl groups excluding tert-OH is 1. The Balaban J connectivity index is 1.36. The molecular formula is C21H21N3O4. The molecular weight excluding hydrogens is 358 g/mol. The quantitative estimate of drug-likeness (QED) is 0.829. The lowest BCUT2D eigenvalue weighted by Crippen LogP contribution is -2.51. The van der Waals surface area contributed by atoms with E-state index in [1.54, 1.807) is 35.2 Å². The topological polar surface area (TPSA) is 82.1 Å². The highest BCUT2D eigenvalue weighted by molar-refractivity contribution is 5.91. The van der Waals surface area contributed by atoms with Crippen LogP contribution < -0.4 is 5.32 Å². The lowest BCUT2D eigenvalue weighted by molar-refractivity contribution is -0.213. The third-order valence-electron chi connectivity index (χ3n) is 5.92. The minimum absolute atomic E-state index is 0.111. The Labute approximate surface area is 162 Å². The second-order valence-corrected chi connectivity index (χ2v) is 7.65. The number of nitrogens with one attached hydrogen (secondary N) is 1. The highest BCUT2D eigenvalue weighted by Gasteiger charge is 2.54. The van der Waals surface area contributed by atoms with Crippen molar-refractivity contribution in [3.63, 3.8) is 0 Å². The van der Waals surface area contributed by atoms with Gasteiger partial charge in [-0.1, -0.05) is 30.3 Å². The Bertz CT molecular complexity index is 948. The highest BCUT2D eigenvalue weighted by Crippen LogP contribution is 2.45. The third kappa shape index (κ3) is 2.58. The summed E-state index contributed by atoms with van der Waals surface area (Å²) in [6, 6.07) is 14.3. The van der Waals surface area contributed by atoms with E-state index in [-0.39, 0.29) is 17.9 Å². The monoisotopic (exact) mass is 379 g/mol. The molecule has 3 aliphatic rings. The molecule has 2 aromatic rings. The van der Waals surface area contributed by atoms with Gasteiger partial charge in [0, 0.05) is 24.2 Å². The number of fused-ring (bicyclic) bond motifs is 4. The minimum Gasteiger partial charge on any atom is -0.380 e. The molecule has 0 radical (unpaired) electrons. The van der Waals surface area contributed by atoms with Crippen LogP contribution in [0.3, 0.4) is 0 Å². The van der Waals surface area contributed by atoms with Crippen molar-refractivity contribution in [1.82, 2.24) is 9.96 Å². The summed E-state index contributed by atoms with van der Waals surface area (Å²) in [5.74, 6) is -0.847. The summed E-state index contributed by atoms with van der Waals surface area (Å²) in [6.07, 6.45) is -0.707. The van der Waals surface area contributed by atoms with Crippen molar-refractivity contribution in [3.8, 4) is 0 Å². The predicted molar refractivity (Wildman–Crippen MR) is 101 cm³/mol. The summed E-state index contributed by atoms with van der Waals surface area (Å²) < 4.78 is 0. The number of piperidine rings is 1. The maximum atomic E-state index is 12.9. The van der Waals surface area contributed by atoms with Crippen molar-refractivity contribution < 1.29 is 19.5 Å². The summed E-state index contributed by atoms with van der Waals surface area (Å²) in [6.45, 7) is 2.55. The summed E-state index contributed by atoms with van der Waals surface area (Å²) in [5, 5.41) is 15.0. The fraction of sp³-hybridized carbons (Fsp3) is 0.333. The Morgan fingerprint density at radius 1 is 1.21 bits per heavy atom. The van der Waals surface area contributed by atoms with Gasteiger partial charge < -0.3 is 15.3 Å². The van der Waals surface area contributed by atoms with Crippen LogP contribution in [-0.4, -0.2) is 51.9 Å². The number of aryl methyl sites for hydroxylation is 1. The number of hydrogen-bond donors (Lipinski definition) is 2. The molecule has 28 heavy (non-hydrogen) atoms. The van der Waals surface area contributed by atoms with Crippen molar-refractivity contribution in [1.29, 1.82) is 0 Å². The van der Waals surface area contributed by atoms with Gasteiger partial charge >= 0.3 is 5.97 Å². The van der Waals surface area contributed by atoms with Gasteiger partial charge in [0.1, 0.15) is 0 Å². The fourth-order valence-electron chi connectivity index (χ4n) is 4.53. The molecule has 0 aromatic heterocycles. The predicted octanol–water partition coefficient (Wildman–Crippen LogP) is 1.84. The molecule has 5 rings (SSSR count). The molecule has 3 heterocycles. The van der Waals surface area contributed by atoms with Gasteiger partial charge in [-0.05, 0) is 42.7 Å². The molecule has 144 valence electrons. The molecule has 2 N–H and O–H groups in total. The molecule has 0 spiro atoms. The normalized spacial score (nSPS) is 28.4. The average molecular weight is 379 g/mol. The van der Waals surface area contributed by atoms with Crippen LogP contribution in [0, 0.1) is 6.92 Å². The van der Waals surface area contributed by atoms with Crippen LogP contribution in [-0.2, 0) is 9.63 Å². The second kappa shape index (κ2) is 6.32. The zero-order chi connectivity index (χ0) is 19.4. The first-order chi connectivity index (χ1) is 13.5. The van der Waals surface area contributed by atoms with Gasteiger partial charge in [-0.15, -0.1) is 5.06 Å². The lowest BCUT2D eigenvalue weighted by atomic mass is 9.84. The molecule has 0 aliphatic carbocycles. The molecule has 4 unspecified atom stereocenters. The van der Waals surface area contributed by atoms with Gasteiger partial charge in [-0.2, -0.15) is 0 Å². The highest BCUT2D eigenvalue weighted by atomic mass is 16.7. The molecule has 1 amide bonds. The number of rotatable bonds is 2. The number of amides is 1. The summed E-state index contributed by atoms with van der Waals surface area (Å²) in [7, 11) is 0. The molecule has 4 atom stereocenters. The van der Waals surface area contributed by atoms with E-state index in [1.807, 2.05) is 0 Å². The number of anilines is 1. The standard InChI is InChI=1S/C21H21N3O4/c1-12-7-8-14-15-10-18-19(25)24(28-20(26)13-5-3-2-4-6-13)21(27)23(18)11-17(15)22-16(14)9-12/h2-9,15,17-18,21-22,27H,10-11H2,1H3. The first kappa shape index (κ1) is 17.2.